The third kappa shape index (κ3) is 2.26. The Labute approximate surface area is 104 Å². The van der Waals surface area contributed by atoms with Gasteiger partial charge in [0, 0.05) is 16.1 Å². The molecule has 80 valence electrons. The first-order chi connectivity index (χ1) is 7.68. The predicted octanol–water partition coefficient (Wildman–Crippen LogP) is 4.39. The molecular weight excluding hydrogens is 243 g/mol. The van der Waals surface area contributed by atoms with Gasteiger partial charge in [0.1, 0.15) is 0 Å². The van der Waals surface area contributed by atoms with Crippen LogP contribution < -0.4 is 0 Å². The van der Waals surface area contributed by atoms with Crippen molar-refractivity contribution in [3.8, 4) is 11.1 Å². The van der Waals surface area contributed by atoms with Gasteiger partial charge in [-0.2, -0.15) is 0 Å². The molecule has 0 atom stereocenters. The highest BCUT2D eigenvalue weighted by atomic mass is 35.5. The van der Waals surface area contributed by atoms with Crippen molar-refractivity contribution in [1.82, 2.24) is 0 Å². The summed E-state index contributed by atoms with van der Waals surface area (Å²) in [5.74, 6) is 0. The van der Waals surface area contributed by atoms with Crippen molar-refractivity contribution in [3.63, 3.8) is 0 Å². The molecule has 3 heteroatoms. The zero-order valence-corrected chi connectivity index (χ0v) is 9.79. The Kier molecular flexibility index (Phi) is 3.28. The van der Waals surface area contributed by atoms with Crippen LogP contribution >= 0.6 is 23.2 Å². The van der Waals surface area contributed by atoms with Gasteiger partial charge in [-0.05, 0) is 35.4 Å². The van der Waals surface area contributed by atoms with Crippen molar-refractivity contribution < 1.29 is 4.79 Å². The summed E-state index contributed by atoms with van der Waals surface area (Å²) in [6.07, 6.45) is 0. The summed E-state index contributed by atoms with van der Waals surface area (Å²) < 4.78 is 0. The summed E-state index contributed by atoms with van der Waals surface area (Å²) in [6.45, 7) is 0. The maximum atomic E-state index is 10.9. The van der Waals surface area contributed by atoms with Crippen molar-refractivity contribution in [1.29, 1.82) is 0 Å². The minimum absolute atomic E-state index is 0.453. The number of halogens is 2. The first-order valence-electron chi connectivity index (χ1n) is 4.73. The van der Waals surface area contributed by atoms with E-state index in [9.17, 15) is 4.79 Å². The summed E-state index contributed by atoms with van der Waals surface area (Å²) in [6, 6.07) is 14.6. The van der Waals surface area contributed by atoms with Gasteiger partial charge in [-0.3, -0.25) is 4.79 Å². The molecule has 0 heterocycles. The molecular formula is C13H8Cl2O. The van der Waals surface area contributed by atoms with Crippen LogP contribution in [0.4, 0.5) is 0 Å². The van der Waals surface area contributed by atoms with E-state index in [0.717, 1.165) is 11.1 Å². The van der Waals surface area contributed by atoms with Crippen LogP contribution in [-0.2, 0) is 0 Å². The Bertz CT molecular complexity index is 518. The number of hydrogen-bond donors (Lipinski definition) is 0. The van der Waals surface area contributed by atoms with Gasteiger partial charge in [-0.1, -0.05) is 41.9 Å². The number of carbonyl (C=O) groups is 1. The largest absolute Gasteiger partial charge is 0.276 e. The third-order valence-corrected chi connectivity index (χ3v) is 2.84. The lowest BCUT2D eigenvalue weighted by atomic mass is 10.0. The molecule has 0 aliphatic heterocycles. The first kappa shape index (κ1) is 11.2. The van der Waals surface area contributed by atoms with Crippen molar-refractivity contribution >= 4 is 28.4 Å². The standard InChI is InChI=1S/C13H8Cl2O/c14-12-4-2-1-3-11(12)9-5-7-10(8-6-9)13(15)16/h1-8H. The van der Waals surface area contributed by atoms with E-state index in [4.69, 9.17) is 23.2 Å². The Morgan fingerprint density at radius 2 is 1.56 bits per heavy atom. The maximum Gasteiger partial charge on any atom is 0.252 e. The van der Waals surface area contributed by atoms with E-state index in [0.29, 0.717) is 10.6 Å². The smallest absolute Gasteiger partial charge is 0.252 e. The molecule has 1 nitrogen and oxygen atoms in total. The molecule has 0 N–H and O–H groups in total. The van der Waals surface area contributed by atoms with Crippen molar-refractivity contribution in [2.75, 3.05) is 0 Å². The van der Waals surface area contributed by atoms with E-state index < -0.39 is 5.24 Å². The highest BCUT2D eigenvalue weighted by molar-refractivity contribution is 6.67. The molecule has 0 spiro atoms. The topological polar surface area (TPSA) is 17.1 Å². The zero-order chi connectivity index (χ0) is 11.5. The van der Waals surface area contributed by atoms with Crippen molar-refractivity contribution in [2.45, 2.75) is 0 Å². The fraction of sp³-hybridized carbons (Fsp3) is 0. The van der Waals surface area contributed by atoms with Gasteiger partial charge in [-0.15, -0.1) is 0 Å². The molecule has 0 fully saturated rings. The zero-order valence-electron chi connectivity index (χ0n) is 8.28. The van der Waals surface area contributed by atoms with Crippen LogP contribution in [0.3, 0.4) is 0 Å². The van der Waals surface area contributed by atoms with Crippen LogP contribution in [0, 0.1) is 0 Å². The summed E-state index contributed by atoms with van der Waals surface area (Å²) in [4.78, 5) is 10.9. The molecule has 2 aromatic carbocycles. The fourth-order valence-electron chi connectivity index (χ4n) is 1.48. The summed E-state index contributed by atoms with van der Waals surface area (Å²) in [5.41, 5.74) is 2.39. The van der Waals surface area contributed by atoms with E-state index in [-0.39, 0.29) is 0 Å². The van der Waals surface area contributed by atoms with Crippen LogP contribution in [0.2, 0.25) is 5.02 Å². The van der Waals surface area contributed by atoms with E-state index >= 15 is 0 Å². The van der Waals surface area contributed by atoms with Crippen LogP contribution in [0.25, 0.3) is 11.1 Å². The average Bonchev–Trinajstić information content (AvgIpc) is 2.30. The van der Waals surface area contributed by atoms with Gasteiger partial charge >= 0.3 is 0 Å². The summed E-state index contributed by atoms with van der Waals surface area (Å²) in [5, 5.41) is 0.234. The molecule has 0 aromatic heterocycles. The van der Waals surface area contributed by atoms with Crippen LogP contribution in [0.5, 0.6) is 0 Å². The molecule has 0 saturated carbocycles. The van der Waals surface area contributed by atoms with Crippen molar-refractivity contribution in [3.05, 3.63) is 59.1 Å². The summed E-state index contributed by atoms with van der Waals surface area (Å²) in [7, 11) is 0. The SMILES string of the molecule is O=C(Cl)c1ccc(-c2ccccc2Cl)cc1. The normalized spacial score (nSPS) is 10.1. The monoisotopic (exact) mass is 250 g/mol. The Morgan fingerprint density at radius 3 is 2.12 bits per heavy atom. The highest BCUT2D eigenvalue weighted by Crippen LogP contribution is 2.27. The Morgan fingerprint density at radius 1 is 0.938 bits per heavy atom. The number of benzene rings is 2. The molecule has 0 aliphatic rings. The third-order valence-electron chi connectivity index (χ3n) is 2.30. The molecule has 0 saturated heterocycles. The first-order valence-corrected chi connectivity index (χ1v) is 5.49. The second-order valence-electron chi connectivity index (χ2n) is 3.33. The van der Waals surface area contributed by atoms with E-state index in [2.05, 4.69) is 0 Å². The molecule has 0 aliphatic carbocycles. The minimum Gasteiger partial charge on any atom is -0.276 e. The van der Waals surface area contributed by atoms with Crippen molar-refractivity contribution in [2.24, 2.45) is 0 Å². The number of hydrogen-bond acceptors (Lipinski definition) is 1. The van der Waals surface area contributed by atoms with Gasteiger partial charge in [0.2, 0.25) is 0 Å². The fourth-order valence-corrected chi connectivity index (χ4v) is 1.85. The molecule has 2 aromatic rings. The molecule has 0 unspecified atom stereocenters. The quantitative estimate of drug-likeness (QED) is 0.723. The van der Waals surface area contributed by atoms with E-state index in [1.807, 2.05) is 36.4 Å². The molecule has 2 rings (SSSR count). The van der Waals surface area contributed by atoms with Crippen LogP contribution in [0.1, 0.15) is 10.4 Å². The molecule has 0 amide bonds. The lowest BCUT2D eigenvalue weighted by Crippen LogP contribution is -1.88. The molecule has 16 heavy (non-hydrogen) atoms. The predicted molar refractivity (Wildman–Crippen MR) is 67.1 cm³/mol. The second-order valence-corrected chi connectivity index (χ2v) is 4.08. The van der Waals surface area contributed by atoms with Gasteiger partial charge < -0.3 is 0 Å². The Balaban J connectivity index is 2.43. The number of carbonyl (C=O) groups excluding carboxylic acids is 1. The van der Waals surface area contributed by atoms with Gasteiger partial charge in [0.05, 0.1) is 0 Å². The lowest BCUT2D eigenvalue weighted by Gasteiger charge is -2.04. The lowest BCUT2D eigenvalue weighted by molar-refractivity contribution is 0.108. The maximum absolute atomic E-state index is 10.9. The minimum atomic E-state index is -0.453. The molecule has 0 radical (unpaired) electrons. The van der Waals surface area contributed by atoms with Gasteiger partial charge in [-0.25, -0.2) is 0 Å². The van der Waals surface area contributed by atoms with E-state index in [1.165, 1.54) is 0 Å². The van der Waals surface area contributed by atoms with Gasteiger partial charge in [0.15, 0.2) is 0 Å². The van der Waals surface area contributed by atoms with Crippen LogP contribution in [-0.4, -0.2) is 5.24 Å². The summed E-state index contributed by atoms with van der Waals surface area (Å²) >= 11 is 11.4. The second kappa shape index (κ2) is 4.69. The van der Waals surface area contributed by atoms with Gasteiger partial charge in [0.25, 0.3) is 5.24 Å². The Hall–Kier alpha value is -1.31. The average molecular weight is 251 g/mol. The van der Waals surface area contributed by atoms with E-state index in [1.54, 1.807) is 12.1 Å². The molecule has 0 bridgehead atoms. The highest BCUT2D eigenvalue weighted by Gasteiger charge is 2.04. The van der Waals surface area contributed by atoms with Crippen LogP contribution in [0.15, 0.2) is 48.5 Å². The number of rotatable bonds is 2.